The van der Waals surface area contributed by atoms with Crippen LogP contribution in [0.2, 0.25) is 0 Å². The third kappa shape index (κ3) is 3.46. The van der Waals surface area contributed by atoms with Crippen LogP contribution in [0.5, 0.6) is 28.7 Å². The van der Waals surface area contributed by atoms with Crippen LogP contribution in [0.3, 0.4) is 0 Å². The van der Waals surface area contributed by atoms with Gasteiger partial charge in [0.25, 0.3) is 0 Å². The molecule has 1 saturated heterocycles. The fraction of sp³-hybridized carbons (Fsp3) is 0.286. The maximum atomic E-state index is 12.6. The number of phenols is 3. The molecule has 11 heteroatoms. The Bertz CT molecular complexity index is 1220. The molecule has 0 radical (unpaired) electrons. The predicted octanol–water partition coefficient (Wildman–Crippen LogP) is 0.489. The molecule has 11 nitrogen and oxygen atoms in total. The van der Waals surface area contributed by atoms with Gasteiger partial charge in [0.05, 0.1) is 6.10 Å². The SMILES string of the molecule is C[C@H]1O[C@@H](Oc2cc(O)c3c(=O)c(O)c(-c4ccc(O)cc4)oc3c2O)[C@H](O)[C@@H](O)[C@H]1O. The van der Waals surface area contributed by atoms with Crippen LogP contribution in [0, 0.1) is 0 Å². The molecule has 0 bridgehead atoms. The first-order valence-corrected chi connectivity index (χ1v) is 9.50. The van der Waals surface area contributed by atoms with E-state index in [2.05, 4.69) is 0 Å². The average molecular weight is 448 g/mol. The number of rotatable bonds is 3. The summed E-state index contributed by atoms with van der Waals surface area (Å²) in [5.41, 5.74) is -1.36. The molecule has 0 unspecified atom stereocenters. The molecule has 1 aliphatic rings. The second-order valence-electron chi connectivity index (χ2n) is 7.40. The Morgan fingerprint density at radius 2 is 1.56 bits per heavy atom. The van der Waals surface area contributed by atoms with E-state index in [0.717, 1.165) is 6.07 Å². The second kappa shape index (κ2) is 7.88. The molecular formula is C21H20O11. The van der Waals surface area contributed by atoms with E-state index in [9.17, 15) is 40.5 Å². The molecule has 0 spiro atoms. The topological polar surface area (TPSA) is 190 Å². The lowest BCUT2D eigenvalue weighted by molar-refractivity contribution is -0.268. The van der Waals surface area contributed by atoms with Crippen LogP contribution in [0.25, 0.3) is 22.3 Å². The molecule has 0 aliphatic carbocycles. The van der Waals surface area contributed by atoms with Crippen molar-refractivity contribution in [3.8, 4) is 40.1 Å². The Morgan fingerprint density at radius 1 is 0.906 bits per heavy atom. The molecule has 32 heavy (non-hydrogen) atoms. The minimum atomic E-state index is -1.70. The number of ether oxygens (including phenoxy) is 2. The summed E-state index contributed by atoms with van der Waals surface area (Å²) in [5.74, 6) is -3.15. The maximum absolute atomic E-state index is 12.6. The number of phenolic OH excluding ortho intramolecular Hbond substituents is 3. The number of hydrogen-bond acceptors (Lipinski definition) is 11. The molecule has 0 saturated carbocycles. The van der Waals surface area contributed by atoms with Gasteiger partial charge in [0.15, 0.2) is 17.1 Å². The number of hydrogen-bond donors (Lipinski definition) is 7. The van der Waals surface area contributed by atoms with Gasteiger partial charge in [-0.25, -0.2) is 0 Å². The van der Waals surface area contributed by atoms with Gasteiger partial charge in [-0.3, -0.25) is 4.79 Å². The summed E-state index contributed by atoms with van der Waals surface area (Å²) in [5, 5.41) is 70.0. The first-order valence-electron chi connectivity index (χ1n) is 9.50. The quantitative estimate of drug-likeness (QED) is 0.276. The maximum Gasteiger partial charge on any atom is 0.238 e. The zero-order valence-corrected chi connectivity index (χ0v) is 16.5. The third-order valence-corrected chi connectivity index (χ3v) is 5.24. The van der Waals surface area contributed by atoms with Gasteiger partial charge >= 0.3 is 0 Å². The van der Waals surface area contributed by atoms with Crippen molar-refractivity contribution in [3.63, 3.8) is 0 Å². The number of benzene rings is 2. The van der Waals surface area contributed by atoms with Crippen molar-refractivity contribution in [1.29, 1.82) is 0 Å². The number of aliphatic hydroxyl groups excluding tert-OH is 3. The van der Waals surface area contributed by atoms with E-state index in [0.29, 0.717) is 0 Å². The average Bonchev–Trinajstić information content (AvgIpc) is 2.76. The fourth-order valence-electron chi connectivity index (χ4n) is 3.44. The molecule has 2 aromatic carbocycles. The van der Waals surface area contributed by atoms with E-state index in [1.165, 1.54) is 31.2 Å². The molecule has 7 N–H and O–H groups in total. The Hall–Kier alpha value is -3.51. The van der Waals surface area contributed by atoms with Gasteiger partial charge in [-0.05, 0) is 31.2 Å². The lowest BCUT2D eigenvalue weighted by Crippen LogP contribution is -2.58. The first-order chi connectivity index (χ1) is 15.1. The summed E-state index contributed by atoms with van der Waals surface area (Å²) in [6.45, 7) is 1.43. The highest BCUT2D eigenvalue weighted by atomic mass is 16.7. The Morgan fingerprint density at radius 3 is 2.22 bits per heavy atom. The van der Waals surface area contributed by atoms with E-state index in [1.807, 2.05) is 0 Å². The van der Waals surface area contributed by atoms with Crippen molar-refractivity contribution in [2.45, 2.75) is 37.6 Å². The normalized spacial score (nSPS) is 25.7. The molecule has 170 valence electrons. The summed E-state index contributed by atoms with van der Waals surface area (Å²) >= 11 is 0. The van der Waals surface area contributed by atoms with E-state index < -0.39 is 70.1 Å². The zero-order chi connectivity index (χ0) is 23.3. The summed E-state index contributed by atoms with van der Waals surface area (Å²) < 4.78 is 16.2. The minimum absolute atomic E-state index is 0.0693. The van der Waals surface area contributed by atoms with Crippen molar-refractivity contribution in [2.75, 3.05) is 0 Å². The van der Waals surface area contributed by atoms with Crippen molar-refractivity contribution in [1.82, 2.24) is 0 Å². The molecule has 1 aromatic heterocycles. The van der Waals surface area contributed by atoms with Crippen LogP contribution in [-0.2, 0) is 4.74 Å². The van der Waals surface area contributed by atoms with Crippen molar-refractivity contribution < 1.29 is 49.6 Å². The summed E-state index contributed by atoms with van der Waals surface area (Å²) in [4.78, 5) is 12.6. The van der Waals surface area contributed by atoms with Gasteiger partial charge in [0.2, 0.25) is 23.2 Å². The van der Waals surface area contributed by atoms with Gasteiger partial charge < -0.3 is 49.6 Å². The van der Waals surface area contributed by atoms with Gasteiger partial charge in [-0.15, -0.1) is 0 Å². The van der Waals surface area contributed by atoms with E-state index >= 15 is 0 Å². The predicted molar refractivity (Wildman–Crippen MR) is 108 cm³/mol. The highest BCUT2D eigenvalue weighted by Gasteiger charge is 2.43. The zero-order valence-electron chi connectivity index (χ0n) is 16.5. The van der Waals surface area contributed by atoms with Crippen LogP contribution < -0.4 is 10.2 Å². The lowest BCUT2D eigenvalue weighted by Gasteiger charge is -2.38. The molecule has 4 rings (SSSR count). The summed E-state index contributed by atoms with van der Waals surface area (Å²) in [7, 11) is 0. The molecule has 2 heterocycles. The van der Waals surface area contributed by atoms with E-state index in [1.54, 1.807) is 0 Å². The number of aromatic hydroxyl groups is 4. The monoisotopic (exact) mass is 448 g/mol. The molecule has 1 fully saturated rings. The van der Waals surface area contributed by atoms with Crippen LogP contribution in [0.4, 0.5) is 0 Å². The van der Waals surface area contributed by atoms with Gasteiger partial charge in [-0.2, -0.15) is 0 Å². The van der Waals surface area contributed by atoms with Crippen LogP contribution in [0.1, 0.15) is 6.92 Å². The molecule has 5 atom stereocenters. The Kier molecular flexibility index (Phi) is 5.34. The molecule has 1 aliphatic heterocycles. The van der Waals surface area contributed by atoms with Crippen molar-refractivity contribution >= 4 is 11.0 Å². The van der Waals surface area contributed by atoms with E-state index in [-0.39, 0.29) is 17.1 Å². The van der Waals surface area contributed by atoms with Crippen LogP contribution >= 0.6 is 0 Å². The smallest absolute Gasteiger partial charge is 0.238 e. The lowest BCUT2D eigenvalue weighted by atomic mass is 10.00. The Labute approximate surface area is 179 Å². The largest absolute Gasteiger partial charge is 0.508 e. The van der Waals surface area contributed by atoms with Gasteiger partial charge in [-0.1, -0.05) is 0 Å². The van der Waals surface area contributed by atoms with Gasteiger partial charge in [0.1, 0.15) is 35.2 Å². The molecular weight excluding hydrogens is 428 g/mol. The Balaban J connectivity index is 1.82. The summed E-state index contributed by atoms with van der Waals surface area (Å²) in [6.07, 6.45) is -7.14. The van der Waals surface area contributed by atoms with Crippen molar-refractivity contribution in [3.05, 3.63) is 40.6 Å². The van der Waals surface area contributed by atoms with Crippen LogP contribution in [-0.4, -0.2) is 66.5 Å². The first kappa shape index (κ1) is 21.7. The number of aliphatic hydroxyl groups is 3. The third-order valence-electron chi connectivity index (χ3n) is 5.24. The highest BCUT2D eigenvalue weighted by molar-refractivity contribution is 5.93. The standard InChI is InChI=1S/C21H20O11/c1-7-13(24)16(27)18(29)21(30-7)31-11-6-10(23)12-15(26)17(28)19(32-20(12)14(11)25)8-2-4-9(22)5-3-8/h2-7,13,16,18,21-25,27-29H,1H3/t7-,13+,16+,18-,21+/m1/s1. The number of fused-ring (bicyclic) bond motifs is 1. The highest BCUT2D eigenvalue weighted by Crippen LogP contribution is 2.43. The second-order valence-corrected chi connectivity index (χ2v) is 7.40. The summed E-state index contributed by atoms with van der Waals surface area (Å²) in [6, 6.07) is 6.15. The molecule has 3 aromatic rings. The van der Waals surface area contributed by atoms with Crippen LogP contribution in [0.15, 0.2) is 39.5 Å². The minimum Gasteiger partial charge on any atom is -0.508 e. The fourth-order valence-corrected chi connectivity index (χ4v) is 3.44. The van der Waals surface area contributed by atoms with E-state index in [4.69, 9.17) is 13.9 Å². The molecule has 0 amide bonds. The van der Waals surface area contributed by atoms with Gasteiger partial charge in [0, 0.05) is 11.6 Å². The van der Waals surface area contributed by atoms with Crippen molar-refractivity contribution in [2.24, 2.45) is 0 Å².